The number of nitriles is 1. The van der Waals surface area contributed by atoms with Gasteiger partial charge >= 0.3 is 0 Å². The zero-order valence-corrected chi connectivity index (χ0v) is 11.2. The van der Waals surface area contributed by atoms with Crippen LogP contribution in [0.15, 0.2) is 54.6 Å². The zero-order valence-electron chi connectivity index (χ0n) is 11.2. The SMILES string of the molecule is [C-]#[N+]CN(Cc1ccccc1)c1ccc(CC#N)cc1. The highest BCUT2D eigenvalue weighted by molar-refractivity contribution is 5.48. The largest absolute Gasteiger partial charge is 0.301 e. The van der Waals surface area contributed by atoms with Gasteiger partial charge in [-0.1, -0.05) is 42.5 Å². The fraction of sp³-hybridized carbons (Fsp3) is 0.176. The molecule has 0 bridgehead atoms. The second-order valence-electron chi connectivity index (χ2n) is 4.48. The monoisotopic (exact) mass is 261 g/mol. The molecule has 0 spiro atoms. The van der Waals surface area contributed by atoms with Gasteiger partial charge in [0.1, 0.15) is 0 Å². The topological polar surface area (TPSA) is 31.4 Å². The molecular weight excluding hydrogens is 246 g/mol. The molecule has 0 radical (unpaired) electrons. The molecule has 0 saturated carbocycles. The van der Waals surface area contributed by atoms with Crippen LogP contribution in [-0.2, 0) is 13.0 Å². The molecule has 0 amide bonds. The molecule has 0 saturated heterocycles. The summed E-state index contributed by atoms with van der Waals surface area (Å²) in [5.41, 5.74) is 3.18. The van der Waals surface area contributed by atoms with Gasteiger partial charge < -0.3 is 4.90 Å². The Hall–Kier alpha value is -2.78. The van der Waals surface area contributed by atoms with Crippen LogP contribution in [-0.4, -0.2) is 6.67 Å². The van der Waals surface area contributed by atoms with Crippen LogP contribution in [0.25, 0.3) is 4.85 Å². The van der Waals surface area contributed by atoms with Crippen LogP contribution in [0.3, 0.4) is 0 Å². The van der Waals surface area contributed by atoms with Crippen LogP contribution >= 0.6 is 0 Å². The summed E-state index contributed by atoms with van der Waals surface area (Å²) in [6.45, 7) is 8.13. The van der Waals surface area contributed by atoms with Crippen molar-refractivity contribution in [3.63, 3.8) is 0 Å². The smallest absolute Gasteiger partial charge is 0.289 e. The van der Waals surface area contributed by atoms with E-state index < -0.39 is 0 Å². The van der Waals surface area contributed by atoms with Crippen molar-refractivity contribution in [1.82, 2.24) is 0 Å². The molecule has 2 aromatic carbocycles. The maximum Gasteiger partial charge on any atom is 0.289 e. The number of rotatable bonds is 5. The highest BCUT2D eigenvalue weighted by Crippen LogP contribution is 2.18. The molecule has 0 atom stereocenters. The third kappa shape index (κ3) is 3.60. The second-order valence-corrected chi connectivity index (χ2v) is 4.48. The molecule has 2 aromatic rings. The van der Waals surface area contributed by atoms with Crippen molar-refractivity contribution in [2.75, 3.05) is 11.6 Å². The van der Waals surface area contributed by atoms with Crippen LogP contribution < -0.4 is 4.90 Å². The van der Waals surface area contributed by atoms with Gasteiger partial charge in [0.2, 0.25) is 0 Å². The third-order valence-electron chi connectivity index (χ3n) is 3.04. The maximum absolute atomic E-state index is 8.68. The van der Waals surface area contributed by atoms with E-state index in [4.69, 9.17) is 11.8 Å². The van der Waals surface area contributed by atoms with E-state index >= 15 is 0 Å². The van der Waals surface area contributed by atoms with Crippen LogP contribution in [0.2, 0.25) is 0 Å². The highest BCUT2D eigenvalue weighted by atomic mass is 15.2. The van der Waals surface area contributed by atoms with Gasteiger partial charge in [-0.3, -0.25) is 4.85 Å². The minimum atomic E-state index is 0.326. The summed E-state index contributed by atoms with van der Waals surface area (Å²) in [4.78, 5) is 5.52. The summed E-state index contributed by atoms with van der Waals surface area (Å²) in [5.74, 6) is 0. The van der Waals surface area contributed by atoms with E-state index in [0.29, 0.717) is 19.6 Å². The van der Waals surface area contributed by atoms with Gasteiger partial charge in [-0.2, -0.15) is 5.26 Å². The fourth-order valence-corrected chi connectivity index (χ4v) is 2.03. The molecule has 0 aromatic heterocycles. The predicted octanol–water partition coefficient (Wildman–Crippen LogP) is 3.64. The first kappa shape index (κ1) is 13.6. The molecule has 0 unspecified atom stereocenters. The molecule has 0 fully saturated rings. The number of hydrogen-bond donors (Lipinski definition) is 0. The Kier molecular flexibility index (Phi) is 4.76. The zero-order chi connectivity index (χ0) is 14.2. The Bertz CT molecular complexity index is 618. The van der Waals surface area contributed by atoms with E-state index in [1.807, 2.05) is 47.4 Å². The summed E-state index contributed by atoms with van der Waals surface area (Å²) in [6, 6.07) is 20.1. The molecule has 0 aliphatic heterocycles. The molecule has 0 N–H and O–H groups in total. The number of hydrogen-bond acceptors (Lipinski definition) is 2. The Labute approximate surface area is 119 Å². The van der Waals surface area contributed by atoms with Crippen LogP contribution in [0.5, 0.6) is 0 Å². The first-order chi connectivity index (χ1) is 9.83. The predicted molar refractivity (Wildman–Crippen MR) is 79.9 cm³/mol. The van der Waals surface area contributed by atoms with Crippen molar-refractivity contribution < 1.29 is 0 Å². The van der Waals surface area contributed by atoms with Gasteiger partial charge in [0, 0.05) is 12.2 Å². The van der Waals surface area contributed by atoms with Gasteiger partial charge in [-0.25, -0.2) is 6.57 Å². The van der Waals surface area contributed by atoms with E-state index in [9.17, 15) is 0 Å². The lowest BCUT2D eigenvalue weighted by Gasteiger charge is -2.19. The molecule has 20 heavy (non-hydrogen) atoms. The standard InChI is InChI=1S/C17H15N3/c1-19-14-20(13-16-5-3-2-4-6-16)17-9-7-15(8-10-17)11-12-18/h2-10H,11,13-14H2. The average Bonchev–Trinajstić information content (AvgIpc) is 2.49. The van der Waals surface area contributed by atoms with Crippen molar-refractivity contribution in [2.24, 2.45) is 0 Å². The first-order valence-electron chi connectivity index (χ1n) is 6.41. The van der Waals surface area contributed by atoms with E-state index in [1.54, 1.807) is 0 Å². The maximum atomic E-state index is 8.68. The molecular formula is C17H15N3. The minimum Gasteiger partial charge on any atom is -0.301 e. The van der Waals surface area contributed by atoms with Crippen LogP contribution in [0.1, 0.15) is 11.1 Å². The van der Waals surface area contributed by atoms with Gasteiger partial charge in [0.05, 0.1) is 12.5 Å². The van der Waals surface area contributed by atoms with Crippen molar-refractivity contribution >= 4 is 5.69 Å². The highest BCUT2D eigenvalue weighted by Gasteiger charge is 2.09. The normalized spacial score (nSPS) is 9.50. The summed E-state index contributed by atoms with van der Waals surface area (Å²) < 4.78 is 0. The first-order valence-corrected chi connectivity index (χ1v) is 6.41. The van der Waals surface area contributed by atoms with Gasteiger partial charge in [-0.05, 0) is 23.3 Å². The van der Waals surface area contributed by atoms with Gasteiger partial charge in [0.25, 0.3) is 6.67 Å². The van der Waals surface area contributed by atoms with E-state index in [0.717, 1.165) is 11.3 Å². The lowest BCUT2D eigenvalue weighted by molar-refractivity contribution is 0.864. The van der Waals surface area contributed by atoms with E-state index in [1.165, 1.54) is 5.56 Å². The summed E-state index contributed by atoms with van der Waals surface area (Å²) in [7, 11) is 0. The molecule has 3 heteroatoms. The van der Waals surface area contributed by atoms with Gasteiger partial charge in [-0.15, -0.1) is 0 Å². The lowest BCUT2D eigenvalue weighted by atomic mass is 10.1. The number of benzene rings is 2. The molecule has 0 aliphatic rings. The van der Waals surface area contributed by atoms with E-state index in [-0.39, 0.29) is 0 Å². The molecule has 98 valence electrons. The lowest BCUT2D eigenvalue weighted by Crippen LogP contribution is -2.21. The van der Waals surface area contributed by atoms with Gasteiger partial charge in [0.15, 0.2) is 0 Å². The third-order valence-corrected chi connectivity index (χ3v) is 3.04. The van der Waals surface area contributed by atoms with Crippen molar-refractivity contribution in [3.05, 3.63) is 77.1 Å². The van der Waals surface area contributed by atoms with Crippen LogP contribution in [0, 0.1) is 17.9 Å². The van der Waals surface area contributed by atoms with Crippen molar-refractivity contribution in [2.45, 2.75) is 13.0 Å². The van der Waals surface area contributed by atoms with Crippen LogP contribution in [0.4, 0.5) is 5.69 Å². The second kappa shape index (κ2) is 6.97. The summed E-state index contributed by atoms with van der Waals surface area (Å²) >= 11 is 0. The summed E-state index contributed by atoms with van der Waals surface area (Å²) in [6.07, 6.45) is 0.418. The summed E-state index contributed by atoms with van der Waals surface area (Å²) in [5, 5.41) is 8.68. The van der Waals surface area contributed by atoms with E-state index in [2.05, 4.69) is 23.0 Å². The molecule has 3 nitrogen and oxygen atoms in total. The Morgan fingerprint density at radius 2 is 1.70 bits per heavy atom. The Balaban J connectivity index is 2.16. The number of nitrogens with zero attached hydrogens (tertiary/aromatic N) is 3. The minimum absolute atomic E-state index is 0.326. The average molecular weight is 261 g/mol. The van der Waals surface area contributed by atoms with Crippen molar-refractivity contribution in [3.8, 4) is 6.07 Å². The molecule has 0 aliphatic carbocycles. The van der Waals surface area contributed by atoms with Crippen molar-refractivity contribution in [1.29, 1.82) is 5.26 Å². The Morgan fingerprint density at radius 3 is 2.30 bits per heavy atom. The molecule has 0 heterocycles. The number of anilines is 1. The Morgan fingerprint density at radius 1 is 1.00 bits per heavy atom. The fourth-order valence-electron chi connectivity index (χ4n) is 2.03. The quantitative estimate of drug-likeness (QED) is 0.769. The molecule has 2 rings (SSSR count).